The average Bonchev–Trinajstić information content (AvgIpc) is 2.66. The zero-order valence-corrected chi connectivity index (χ0v) is 18.6. The Morgan fingerprint density at radius 1 is 1.03 bits per heavy atom. The van der Waals surface area contributed by atoms with E-state index < -0.39 is 16.1 Å². The Labute approximate surface area is 175 Å². The van der Waals surface area contributed by atoms with Gasteiger partial charge in [-0.15, -0.1) is 0 Å². The Morgan fingerprint density at radius 2 is 1.66 bits per heavy atom. The van der Waals surface area contributed by atoms with Crippen LogP contribution in [0.25, 0.3) is 0 Å². The number of nitrogens with two attached hydrogens (primary N) is 1. The van der Waals surface area contributed by atoms with Gasteiger partial charge in [-0.05, 0) is 57.0 Å². The third-order valence-electron chi connectivity index (χ3n) is 4.87. The fourth-order valence-electron chi connectivity index (χ4n) is 3.33. The summed E-state index contributed by atoms with van der Waals surface area (Å²) >= 11 is 0. The highest BCUT2D eigenvalue weighted by Gasteiger charge is 2.25. The summed E-state index contributed by atoms with van der Waals surface area (Å²) in [7, 11) is -3.36. The van der Waals surface area contributed by atoms with Crippen LogP contribution >= 0.6 is 0 Å². The predicted octanol–water partition coefficient (Wildman–Crippen LogP) is 4.52. The van der Waals surface area contributed by atoms with Crippen molar-refractivity contribution in [1.82, 2.24) is 0 Å². The summed E-state index contributed by atoms with van der Waals surface area (Å²) < 4.78 is 35.9. The quantitative estimate of drug-likeness (QED) is 0.542. The highest BCUT2D eigenvalue weighted by atomic mass is 32.2. The molecular weight excluding hydrogens is 386 g/mol. The molecule has 0 fully saturated rings. The molecule has 2 atom stereocenters. The summed E-state index contributed by atoms with van der Waals surface area (Å²) in [4.78, 5) is 0.303. The van der Waals surface area contributed by atoms with E-state index in [1.54, 1.807) is 37.3 Å². The molecular formula is C23H33NO4S. The van der Waals surface area contributed by atoms with Crippen molar-refractivity contribution in [2.75, 3.05) is 12.4 Å². The minimum absolute atomic E-state index is 0.0659. The van der Waals surface area contributed by atoms with Gasteiger partial charge in [-0.2, -0.15) is 0 Å². The average molecular weight is 420 g/mol. The van der Waals surface area contributed by atoms with E-state index in [9.17, 15) is 8.42 Å². The Morgan fingerprint density at radius 3 is 2.21 bits per heavy atom. The molecule has 0 amide bonds. The highest BCUT2D eigenvalue weighted by molar-refractivity contribution is 7.91. The van der Waals surface area contributed by atoms with Gasteiger partial charge < -0.3 is 15.2 Å². The van der Waals surface area contributed by atoms with Gasteiger partial charge in [0.15, 0.2) is 16.1 Å². The smallest absolute Gasteiger partial charge is 0.197 e. The lowest BCUT2D eigenvalue weighted by Crippen LogP contribution is -2.39. The van der Waals surface area contributed by atoms with E-state index in [-0.39, 0.29) is 23.8 Å². The van der Waals surface area contributed by atoms with Crippen LogP contribution in [0.5, 0.6) is 5.75 Å². The number of hydrogen-bond acceptors (Lipinski definition) is 5. The summed E-state index contributed by atoms with van der Waals surface area (Å²) in [5.74, 6) is 0.865. The van der Waals surface area contributed by atoms with Crippen molar-refractivity contribution < 1.29 is 17.9 Å². The molecule has 160 valence electrons. The largest absolute Gasteiger partial charge is 0.465 e. The Balaban J connectivity index is 1.88. The van der Waals surface area contributed by atoms with E-state index in [2.05, 4.69) is 20.8 Å². The van der Waals surface area contributed by atoms with Crippen LogP contribution in [0.1, 0.15) is 52.0 Å². The molecule has 0 heterocycles. The molecule has 5 nitrogen and oxygen atoms in total. The third kappa shape index (κ3) is 7.14. The lowest BCUT2D eigenvalue weighted by atomic mass is 9.80. The number of benzene rings is 2. The molecule has 29 heavy (non-hydrogen) atoms. The second-order valence-corrected chi connectivity index (χ2v) is 10.0. The summed E-state index contributed by atoms with van der Waals surface area (Å²) in [5, 5.41) is 0. The predicted molar refractivity (Wildman–Crippen MR) is 117 cm³/mol. The first-order chi connectivity index (χ1) is 13.6. The van der Waals surface area contributed by atoms with Crippen LogP contribution in [-0.4, -0.2) is 32.6 Å². The fourth-order valence-corrected chi connectivity index (χ4v) is 4.45. The summed E-state index contributed by atoms with van der Waals surface area (Å²) in [6.07, 6.45) is 1.54. The molecule has 2 N–H and O–H groups in total. The van der Waals surface area contributed by atoms with Gasteiger partial charge in [0.2, 0.25) is 0 Å². The van der Waals surface area contributed by atoms with E-state index >= 15 is 0 Å². The molecule has 0 bridgehead atoms. The van der Waals surface area contributed by atoms with Gasteiger partial charge in [0.05, 0.1) is 17.3 Å². The maximum Gasteiger partial charge on any atom is 0.197 e. The monoisotopic (exact) mass is 419 g/mol. The molecule has 0 aliphatic carbocycles. The maximum atomic E-state index is 12.3. The van der Waals surface area contributed by atoms with Gasteiger partial charge in [0.25, 0.3) is 0 Å². The number of hydrogen-bond donors (Lipinski definition) is 1. The number of sulfone groups is 1. The van der Waals surface area contributed by atoms with Crippen molar-refractivity contribution in [2.24, 2.45) is 5.73 Å². The van der Waals surface area contributed by atoms with Crippen molar-refractivity contribution in [1.29, 1.82) is 0 Å². The highest BCUT2D eigenvalue weighted by Crippen LogP contribution is 2.31. The normalized spacial score (nSPS) is 14.4. The van der Waals surface area contributed by atoms with Crippen LogP contribution in [0, 0.1) is 0 Å². The zero-order chi connectivity index (χ0) is 21.5. The first-order valence-corrected chi connectivity index (χ1v) is 11.7. The minimum Gasteiger partial charge on any atom is -0.465 e. The zero-order valence-electron chi connectivity index (χ0n) is 17.8. The first-order valence-electron chi connectivity index (χ1n) is 10.1. The Bertz CT molecular complexity index is 843. The molecule has 2 rings (SSSR count). The minimum atomic E-state index is -3.36. The third-order valence-corrected chi connectivity index (χ3v) is 6.56. The molecule has 0 radical (unpaired) electrons. The number of ether oxygens (including phenoxy) is 2. The Hall–Kier alpha value is -1.89. The van der Waals surface area contributed by atoms with Gasteiger partial charge >= 0.3 is 0 Å². The summed E-state index contributed by atoms with van der Waals surface area (Å²) in [5.41, 5.74) is 7.24. The summed E-state index contributed by atoms with van der Waals surface area (Å²) in [6.45, 7) is 8.09. The van der Waals surface area contributed by atoms with E-state index in [1.807, 2.05) is 24.3 Å². The van der Waals surface area contributed by atoms with Gasteiger partial charge in [0.1, 0.15) is 5.75 Å². The van der Waals surface area contributed by atoms with Crippen LogP contribution in [0.15, 0.2) is 59.5 Å². The van der Waals surface area contributed by atoms with Crippen LogP contribution in [0.2, 0.25) is 0 Å². The van der Waals surface area contributed by atoms with Gasteiger partial charge in [-0.1, -0.05) is 43.7 Å². The molecule has 0 aliphatic rings. The topological polar surface area (TPSA) is 78.6 Å². The van der Waals surface area contributed by atoms with Crippen molar-refractivity contribution in [3.63, 3.8) is 0 Å². The molecule has 0 saturated carbocycles. The standard InChI is InChI=1S/C23H33NO4S/c1-5-9-22(23(3,4)24)19-12-14-20(15-13-19)28-18(2)27-16-17-29(25,26)21-10-7-6-8-11-21/h6-8,10-15,18,22H,5,9,16-17,24H2,1-4H3. The first kappa shape index (κ1) is 23.4. The SMILES string of the molecule is CCCC(c1ccc(OC(C)OCCS(=O)(=O)c2ccccc2)cc1)C(C)(C)N. The van der Waals surface area contributed by atoms with Crippen molar-refractivity contribution in [3.05, 3.63) is 60.2 Å². The van der Waals surface area contributed by atoms with Crippen LogP contribution in [0.4, 0.5) is 0 Å². The van der Waals surface area contributed by atoms with Gasteiger partial charge in [0, 0.05) is 11.5 Å². The van der Waals surface area contributed by atoms with E-state index in [0.717, 1.165) is 12.8 Å². The number of rotatable bonds is 11. The van der Waals surface area contributed by atoms with E-state index in [4.69, 9.17) is 15.2 Å². The second kappa shape index (κ2) is 10.2. The molecule has 2 aromatic carbocycles. The summed E-state index contributed by atoms with van der Waals surface area (Å²) in [6, 6.07) is 16.3. The molecule has 2 unspecified atom stereocenters. The van der Waals surface area contributed by atoms with Gasteiger partial charge in [-0.25, -0.2) is 8.42 Å². The lowest BCUT2D eigenvalue weighted by molar-refractivity contribution is -0.0605. The van der Waals surface area contributed by atoms with Crippen molar-refractivity contribution in [3.8, 4) is 5.75 Å². The second-order valence-electron chi connectivity index (χ2n) is 7.92. The molecule has 2 aromatic rings. The van der Waals surface area contributed by atoms with Crippen LogP contribution in [0.3, 0.4) is 0 Å². The molecule has 0 aliphatic heterocycles. The maximum absolute atomic E-state index is 12.3. The Kier molecular flexibility index (Phi) is 8.25. The fraction of sp³-hybridized carbons (Fsp3) is 0.478. The van der Waals surface area contributed by atoms with Crippen LogP contribution in [-0.2, 0) is 14.6 Å². The molecule has 0 spiro atoms. The van der Waals surface area contributed by atoms with Crippen LogP contribution < -0.4 is 10.5 Å². The van der Waals surface area contributed by atoms with E-state index in [0.29, 0.717) is 10.6 Å². The molecule has 0 aromatic heterocycles. The van der Waals surface area contributed by atoms with Gasteiger partial charge in [-0.3, -0.25) is 0 Å². The molecule has 6 heteroatoms. The van der Waals surface area contributed by atoms with Crippen molar-refractivity contribution in [2.45, 2.75) is 63.2 Å². The lowest BCUT2D eigenvalue weighted by Gasteiger charge is -2.31. The van der Waals surface area contributed by atoms with E-state index in [1.165, 1.54) is 5.56 Å². The molecule has 0 saturated heterocycles. The van der Waals surface area contributed by atoms with Crippen molar-refractivity contribution >= 4 is 9.84 Å².